The minimum atomic E-state index is -0.515. The van der Waals surface area contributed by atoms with E-state index in [1.54, 1.807) is 0 Å². The van der Waals surface area contributed by atoms with Crippen LogP contribution >= 0.6 is 12.2 Å². The number of carbonyl (C=O) groups excluding carboxylic acids is 1. The zero-order chi connectivity index (χ0) is 23.7. The molecule has 1 saturated carbocycles. The Morgan fingerprint density at radius 2 is 1.76 bits per heavy atom. The van der Waals surface area contributed by atoms with Crippen molar-refractivity contribution in [2.45, 2.75) is 103 Å². The van der Waals surface area contributed by atoms with E-state index in [4.69, 9.17) is 17.0 Å². The highest BCUT2D eigenvalue weighted by Crippen LogP contribution is 2.28. The number of ether oxygens (including phenoxy) is 1. The first-order valence-electron chi connectivity index (χ1n) is 12.8. The van der Waals surface area contributed by atoms with Gasteiger partial charge in [-0.05, 0) is 57.9 Å². The fourth-order valence-electron chi connectivity index (χ4n) is 4.98. The molecule has 1 aromatic rings. The lowest BCUT2D eigenvalue weighted by Gasteiger charge is -2.34. The molecule has 6 heteroatoms. The Labute approximate surface area is 206 Å². The van der Waals surface area contributed by atoms with E-state index in [1.807, 2.05) is 20.8 Å². The number of amides is 1. The van der Waals surface area contributed by atoms with Crippen molar-refractivity contribution in [2.24, 2.45) is 5.92 Å². The summed E-state index contributed by atoms with van der Waals surface area (Å²) in [7, 11) is 0. The molecule has 1 amide bonds. The average molecular weight is 474 g/mol. The van der Waals surface area contributed by atoms with Crippen LogP contribution in [-0.2, 0) is 11.3 Å². The number of nitrogens with zero attached hydrogens (tertiary/aromatic N) is 1. The van der Waals surface area contributed by atoms with E-state index in [9.17, 15) is 4.79 Å². The SMILES string of the molecule is CC(C)(C)OC(=O)N[C@H](CCC1CCCCC1)C(=S)NC1CCN(Cc2ccccc2)CC1. The van der Waals surface area contributed by atoms with Crippen molar-refractivity contribution in [3.8, 4) is 0 Å². The van der Waals surface area contributed by atoms with Gasteiger partial charge in [0.1, 0.15) is 5.60 Å². The third-order valence-electron chi connectivity index (χ3n) is 6.78. The van der Waals surface area contributed by atoms with Crippen LogP contribution in [-0.4, -0.2) is 46.8 Å². The van der Waals surface area contributed by atoms with Crippen LogP contribution in [0, 0.1) is 5.92 Å². The molecule has 0 spiro atoms. The molecule has 184 valence electrons. The second-order valence-electron chi connectivity index (χ2n) is 10.8. The Morgan fingerprint density at radius 3 is 2.39 bits per heavy atom. The molecule has 0 aromatic heterocycles. The third kappa shape index (κ3) is 9.62. The van der Waals surface area contributed by atoms with Gasteiger partial charge in [-0.3, -0.25) is 4.90 Å². The summed E-state index contributed by atoms with van der Waals surface area (Å²) in [5.41, 5.74) is 0.849. The molecular formula is C27H43N3O2S. The minimum absolute atomic E-state index is 0.167. The van der Waals surface area contributed by atoms with Gasteiger partial charge in [-0.1, -0.05) is 74.7 Å². The van der Waals surface area contributed by atoms with Crippen LogP contribution in [0.25, 0.3) is 0 Å². The lowest BCUT2D eigenvalue weighted by molar-refractivity contribution is 0.0514. The number of rotatable bonds is 8. The molecule has 0 unspecified atom stereocenters. The van der Waals surface area contributed by atoms with Gasteiger partial charge in [-0.15, -0.1) is 0 Å². The summed E-state index contributed by atoms with van der Waals surface area (Å²) >= 11 is 5.82. The standard InChI is InChI=1S/C27H43N3O2S/c1-27(2,3)32-26(31)29-24(15-14-21-10-6-4-7-11-21)25(33)28-23-16-18-30(19-17-23)20-22-12-8-5-9-13-22/h5,8-9,12-13,21,23-24H,4,6-7,10-11,14-20H2,1-3H3,(H,28,33)(H,29,31)/t24-/m1/s1. The highest BCUT2D eigenvalue weighted by atomic mass is 32.1. The zero-order valence-electron chi connectivity index (χ0n) is 20.8. The first-order valence-corrected chi connectivity index (χ1v) is 13.3. The van der Waals surface area contributed by atoms with Gasteiger partial charge in [-0.2, -0.15) is 0 Å². The van der Waals surface area contributed by atoms with E-state index in [1.165, 1.54) is 37.7 Å². The maximum Gasteiger partial charge on any atom is 0.408 e. The average Bonchev–Trinajstić information content (AvgIpc) is 2.78. The Hall–Kier alpha value is -1.66. The lowest BCUT2D eigenvalue weighted by Crippen LogP contribution is -2.52. The number of carbonyl (C=O) groups is 1. The predicted octanol–water partition coefficient (Wildman–Crippen LogP) is 5.82. The molecule has 1 heterocycles. The number of benzene rings is 1. The summed E-state index contributed by atoms with van der Waals surface area (Å²) in [5, 5.41) is 6.66. The normalized spacial score (nSPS) is 19.6. The molecule has 33 heavy (non-hydrogen) atoms. The summed E-state index contributed by atoms with van der Waals surface area (Å²) in [6.45, 7) is 8.79. The first-order chi connectivity index (χ1) is 15.8. The lowest BCUT2D eigenvalue weighted by atomic mass is 9.85. The number of nitrogens with one attached hydrogen (secondary N) is 2. The van der Waals surface area contributed by atoms with Gasteiger partial charge in [0, 0.05) is 25.7 Å². The predicted molar refractivity (Wildman–Crippen MR) is 139 cm³/mol. The van der Waals surface area contributed by atoms with Gasteiger partial charge in [0.15, 0.2) is 0 Å². The quantitative estimate of drug-likeness (QED) is 0.466. The Bertz CT molecular complexity index is 735. The number of hydrogen-bond donors (Lipinski definition) is 2. The number of piperidine rings is 1. The Kier molecular flexibility index (Phi) is 9.99. The van der Waals surface area contributed by atoms with Crippen LogP contribution in [0.2, 0.25) is 0 Å². The van der Waals surface area contributed by atoms with E-state index >= 15 is 0 Å². The minimum Gasteiger partial charge on any atom is -0.444 e. The molecule has 2 N–H and O–H groups in total. The molecule has 1 aromatic carbocycles. The van der Waals surface area contributed by atoms with Gasteiger partial charge in [0.2, 0.25) is 0 Å². The number of likely N-dealkylation sites (tertiary alicyclic amines) is 1. The number of thiocarbonyl (C=S) groups is 1. The largest absolute Gasteiger partial charge is 0.444 e. The van der Waals surface area contributed by atoms with Crippen molar-refractivity contribution in [1.82, 2.24) is 15.5 Å². The topological polar surface area (TPSA) is 53.6 Å². The van der Waals surface area contributed by atoms with Crippen LogP contribution in [0.4, 0.5) is 4.79 Å². The maximum absolute atomic E-state index is 12.5. The van der Waals surface area contributed by atoms with E-state index in [0.29, 0.717) is 6.04 Å². The van der Waals surface area contributed by atoms with Crippen molar-refractivity contribution < 1.29 is 9.53 Å². The van der Waals surface area contributed by atoms with Crippen molar-refractivity contribution >= 4 is 23.3 Å². The number of hydrogen-bond acceptors (Lipinski definition) is 4. The van der Waals surface area contributed by atoms with E-state index in [0.717, 1.165) is 56.2 Å². The molecule has 0 radical (unpaired) electrons. The summed E-state index contributed by atoms with van der Waals surface area (Å²) in [5.74, 6) is 0.755. The van der Waals surface area contributed by atoms with Crippen LogP contribution in [0.5, 0.6) is 0 Å². The molecule has 1 atom stereocenters. The smallest absolute Gasteiger partial charge is 0.408 e. The fraction of sp³-hybridized carbons (Fsp3) is 0.704. The molecule has 1 aliphatic carbocycles. The van der Waals surface area contributed by atoms with Gasteiger partial charge >= 0.3 is 6.09 Å². The van der Waals surface area contributed by atoms with Gasteiger partial charge in [0.05, 0.1) is 11.0 Å². The summed E-state index contributed by atoms with van der Waals surface area (Å²) < 4.78 is 5.53. The fourth-order valence-corrected chi connectivity index (χ4v) is 5.32. The highest BCUT2D eigenvalue weighted by molar-refractivity contribution is 7.80. The van der Waals surface area contributed by atoms with Gasteiger partial charge in [-0.25, -0.2) is 4.79 Å². The molecule has 1 aliphatic heterocycles. The highest BCUT2D eigenvalue weighted by Gasteiger charge is 2.26. The van der Waals surface area contributed by atoms with E-state index in [-0.39, 0.29) is 12.1 Å². The number of alkyl carbamates (subject to hydrolysis) is 1. The zero-order valence-corrected chi connectivity index (χ0v) is 21.6. The molecule has 2 aliphatic rings. The second kappa shape index (κ2) is 12.7. The monoisotopic (exact) mass is 473 g/mol. The van der Waals surface area contributed by atoms with E-state index in [2.05, 4.69) is 45.9 Å². The van der Waals surface area contributed by atoms with Crippen LogP contribution in [0.15, 0.2) is 30.3 Å². The molecule has 5 nitrogen and oxygen atoms in total. The Balaban J connectivity index is 1.49. The van der Waals surface area contributed by atoms with Crippen LogP contribution in [0.3, 0.4) is 0 Å². The summed E-state index contributed by atoms with van der Waals surface area (Å²) in [4.78, 5) is 15.8. The van der Waals surface area contributed by atoms with Crippen molar-refractivity contribution in [2.75, 3.05) is 13.1 Å². The van der Waals surface area contributed by atoms with Crippen LogP contribution in [0.1, 0.15) is 84.1 Å². The van der Waals surface area contributed by atoms with Crippen molar-refractivity contribution in [3.63, 3.8) is 0 Å². The van der Waals surface area contributed by atoms with E-state index < -0.39 is 5.60 Å². The first kappa shape index (κ1) is 26.0. The molecule has 2 fully saturated rings. The summed E-state index contributed by atoms with van der Waals surface area (Å²) in [6, 6.07) is 10.9. The van der Waals surface area contributed by atoms with Crippen molar-refractivity contribution in [1.29, 1.82) is 0 Å². The van der Waals surface area contributed by atoms with Gasteiger partial charge < -0.3 is 15.4 Å². The maximum atomic E-state index is 12.5. The van der Waals surface area contributed by atoms with Crippen molar-refractivity contribution in [3.05, 3.63) is 35.9 Å². The Morgan fingerprint density at radius 1 is 1.09 bits per heavy atom. The summed E-state index contributed by atoms with van der Waals surface area (Å²) in [6.07, 6.45) is 10.4. The second-order valence-corrected chi connectivity index (χ2v) is 11.3. The third-order valence-corrected chi connectivity index (χ3v) is 7.18. The molecular weight excluding hydrogens is 430 g/mol. The van der Waals surface area contributed by atoms with Crippen LogP contribution < -0.4 is 10.6 Å². The molecule has 0 bridgehead atoms. The molecule has 1 saturated heterocycles. The molecule has 3 rings (SSSR count). The van der Waals surface area contributed by atoms with Gasteiger partial charge in [0.25, 0.3) is 0 Å².